The summed E-state index contributed by atoms with van der Waals surface area (Å²) in [7, 11) is 0. The maximum Gasteiger partial charge on any atom is 0.262 e. The van der Waals surface area contributed by atoms with Crippen molar-refractivity contribution >= 4 is 29.0 Å². The number of nitrogens with one attached hydrogen (secondary N) is 1. The molecule has 6 heteroatoms. The molecule has 1 N–H and O–H groups in total. The Balaban J connectivity index is 1.50. The number of nitrogens with zero attached hydrogens (tertiary/aromatic N) is 2. The predicted molar refractivity (Wildman–Crippen MR) is 107 cm³/mol. The molecule has 0 saturated carbocycles. The van der Waals surface area contributed by atoms with Crippen LogP contribution >= 0.6 is 12.2 Å². The molecule has 1 amide bonds. The summed E-state index contributed by atoms with van der Waals surface area (Å²) in [5, 5.41) is 0.662. The highest BCUT2D eigenvalue weighted by Crippen LogP contribution is 2.17. The van der Waals surface area contributed by atoms with Gasteiger partial charge < -0.3 is 9.88 Å². The predicted octanol–water partition coefficient (Wildman–Crippen LogP) is 3.88. The van der Waals surface area contributed by atoms with Gasteiger partial charge in [-0.2, -0.15) is 0 Å². The SMILES string of the molecule is C[C@@H]1CCCN(C(=O)CCCCCn2c(=S)[nH]c3ccccc3c2=O)C1. The third-order valence-corrected chi connectivity index (χ3v) is 5.49. The van der Waals surface area contributed by atoms with Gasteiger partial charge in [0, 0.05) is 26.1 Å². The Morgan fingerprint density at radius 3 is 2.88 bits per heavy atom. The lowest BCUT2D eigenvalue weighted by Crippen LogP contribution is -2.38. The number of aromatic nitrogens is 2. The first-order valence-corrected chi connectivity index (χ1v) is 9.96. The molecule has 5 nitrogen and oxygen atoms in total. The third kappa shape index (κ3) is 4.41. The van der Waals surface area contributed by atoms with Crippen LogP contribution < -0.4 is 5.56 Å². The molecule has 0 spiro atoms. The van der Waals surface area contributed by atoms with Gasteiger partial charge in [-0.05, 0) is 56.0 Å². The van der Waals surface area contributed by atoms with Crippen LogP contribution in [0.1, 0.15) is 45.4 Å². The van der Waals surface area contributed by atoms with Crippen molar-refractivity contribution in [3.63, 3.8) is 0 Å². The fourth-order valence-corrected chi connectivity index (χ4v) is 3.98. The molecule has 2 aromatic rings. The number of hydrogen-bond donors (Lipinski definition) is 1. The fraction of sp³-hybridized carbons (Fsp3) is 0.550. The second-order valence-electron chi connectivity index (χ2n) is 7.33. The average molecular weight is 374 g/mol. The summed E-state index contributed by atoms with van der Waals surface area (Å²) in [4.78, 5) is 30.0. The number of hydrogen-bond acceptors (Lipinski definition) is 3. The first-order valence-electron chi connectivity index (χ1n) is 9.56. The molecule has 2 heterocycles. The number of carbonyl (C=O) groups is 1. The number of H-pyrrole nitrogens is 1. The minimum Gasteiger partial charge on any atom is -0.342 e. The van der Waals surface area contributed by atoms with Crippen LogP contribution in [0.3, 0.4) is 0 Å². The van der Waals surface area contributed by atoms with Crippen molar-refractivity contribution in [3.8, 4) is 0 Å². The highest BCUT2D eigenvalue weighted by Gasteiger charge is 2.20. The van der Waals surface area contributed by atoms with Gasteiger partial charge in [0.1, 0.15) is 0 Å². The number of amides is 1. The van der Waals surface area contributed by atoms with E-state index in [4.69, 9.17) is 12.2 Å². The van der Waals surface area contributed by atoms with Crippen molar-refractivity contribution in [2.45, 2.75) is 52.0 Å². The number of benzene rings is 1. The normalized spacial score (nSPS) is 17.6. The van der Waals surface area contributed by atoms with E-state index in [1.807, 2.05) is 29.2 Å². The number of rotatable bonds is 6. The van der Waals surface area contributed by atoms with Crippen molar-refractivity contribution in [1.82, 2.24) is 14.5 Å². The lowest BCUT2D eigenvalue weighted by Gasteiger charge is -2.31. The number of carbonyl (C=O) groups excluding carboxylic acids is 1. The minimum absolute atomic E-state index is 0.0391. The zero-order chi connectivity index (χ0) is 18.5. The standard InChI is InChI=1S/C20H27N3O2S/c1-15-8-7-12-22(14-15)18(24)11-3-2-6-13-23-19(25)16-9-4-5-10-17(16)21-20(23)26/h4-5,9-10,15H,2-3,6-8,11-14H2,1H3,(H,21,26)/t15-/m1/s1. The van der Waals surface area contributed by atoms with E-state index in [9.17, 15) is 9.59 Å². The minimum atomic E-state index is -0.0391. The van der Waals surface area contributed by atoms with E-state index in [-0.39, 0.29) is 11.5 Å². The monoisotopic (exact) mass is 373 g/mol. The summed E-state index contributed by atoms with van der Waals surface area (Å²) >= 11 is 5.33. The van der Waals surface area contributed by atoms with Crippen LogP contribution in [0.15, 0.2) is 29.1 Å². The topological polar surface area (TPSA) is 58.1 Å². The average Bonchev–Trinajstić information content (AvgIpc) is 2.63. The molecule has 3 rings (SSSR count). The number of likely N-dealkylation sites (tertiary alicyclic amines) is 1. The van der Waals surface area contributed by atoms with Crippen molar-refractivity contribution in [1.29, 1.82) is 0 Å². The van der Waals surface area contributed by atoms with Gasteiger partial charge in [-0.1, -0.05) is 25.5 Å². The Morgan fingerprint density at radius 1 is 1.27 bits per heavy atom. The number of piperidine rings is 1. The second-order valence-corrected chi connectivity index (χ2v) is 7.72. The van der Waals surface area contributed by atoms with E-state index in [1.165, 1.54) is 6.42 Å². The smallest absolute Gasteiger partial charge is 0.262 e. The Hall–Kier alpha value is -1.95. The summed E-state index contributed by atoms with van der Waals surface area (Å²) in [6.45, 7) is 4.61. The van der Waals surface area contributed by atoms with Gasteiger partial charge in [-0.15, -0.1) is 0 Å². The van der Waals surface area contributed by atoms with Crippen LogP contribution in [0.4, 0.5) is 0 Å². The zero-order valence-electron chi connectivity index (χ0n) is 15.4. The van der Waals surface area contributed by atoms with Gasteiger partial charge >= 0.3 is 0 Å². The highest BCUT2D eigenvalue weighted by molar-refractivity contribution is 7.71. The Bertz CT molecular complexity index is 886. The van der Waals surface area contributed by atoms with Gasteiger partial charge in [0.25, 0.3) is 5.56 Å². The number of para-hydroxylation sites is 1. The van der Waals surface area contributed by atoms with E-state index >= 15 is 0 Å². The first kappa shape index (κ1) is 18.8. The molecule has 1 aromatic heterocycles. The summed E-state index contributed by atoms with van der Waals surface area (Å²) in [6.07, 6.45) is 5.58. The first-order chi connectivity index (χ1) is 12.6. The lowest BCUT2D eigenvalue weighted by atomic mass is 10.00. The number of fused-ring (bicyclic) bond motifs is 1. The number of unbranched alkanes of at least 4 members (excludes halogenated alkanes) is 2. The molecule has 0 aliphatic carbocycles. The summed E-state index contributed by atoms with van der Waals surface area (Å²) in [6, 6.07) is 7.43. The maximum atomic E-state index is 12.6. The molecule has 1 atom stereocenters. The molecule has 0 radical (unpaired) electrons. The van der Waals surface area contributed by atoms with E-state index in [1.54, 1.807) is 4.57 Å². The van der Waals surface area contributed by atoms with Crippen LogP contribution in [0.5, 0.6) is 0 Å². The van der Waals surface area contributed by atoms with Crippen molar-refractivity contribution in [2.75, 3.05) is 13.1 Å². The largest absolute Gasteiger partial charge is 0.342 e. The molecule has 1 aliphatic rings. The summed E-state index contributed by atoms with van der Waals surface area (Å²) < 4.78 is 2.10. The highest BCUT2D eigenvalue weighted by atomic mass is 32.1. The van der Waals surface area contributed by atoms with E-state index in [2.05, 4.69) is 11.9 Å². The molecule has 1 aromatic carbocycles. The summed E-state index contributed by atoms with van der Waals surface area (Å²) in [5.41, 5.74) is 0.739. The summed E-state index contributed by atoms with van der Waals surface area (Å²) in [5.74, 6) is 0.894. The molecule has 0 bridgehead atoms. The molecule has 1 saturated heterocycles. The molecular formula is C20H27N3O2S. The van der Waals surface area contributed by atoms with Crippen molar-refractivity contribution in [3.05, 3.63) is 39.4 Å². The van der Waals surface area contributed by atoms with Crippen LogP contribution in [0.25, 0.3) is 10.9 Å². The molecular weight excluding hydrogens is 346 g/mol. The van der Waals surface area contributed by atoms with Gasteiger partial charge in [0.2, 0.25) is 5.91 Å². The van der Waals surface area contributed by atoms with Gasteiger partial charge in [0.05, 0.1) is 10.9 Å². The molecule has 1 fully saturated rings. The van der Waals surface area contributed by atoms with E-state index in [0.717, 1.165) is 44.3 Å². The van der Waals surface area contributed by atoms with E-state index < -0.39 is 0 Å². The van der Waals surface area contributed by atoms with Crippen LogP contribution in [-0.2, 0) is 11.3 Å². The van der Waals surface area contributed by atoms with Gasteiger partial charge in [0.15, 0.2) is 4.77 Å². The molecule has 1 aliphatic heterocycles. The van der Waals surface area contributed by atoms with Crippen LogP contribution in [0.2, 0.25) is 0 Å². The van der Waals surface area contributed by atoms with Gasteiger partial charge in [-0.25, -0.2) is 0 Å². The van der Waals surface area contributed by atoms with Crippen LogP contribution in [0, 0.1) is 10.7 Å². The fourth-order valence-electron chi connectivity index (χ4n) is 3.70. The molecule has 26 heavy (non-hydrogen) atoms. The van der Waals surface area contributed by atoms with Crippen molar-refractivity contribution in [2.24, 2.45) is 5.92 Å². The van der Waals surface area contributed by atoms with Crippen LogP contribution in [-0.4, -0.2) is 33.4 Å². The number of aromatic amines is 1. The van der Waals surface area contributed by atoms with Gasteiger partial charge in [-0.3, -0.25) is 14.2 Å². The lowest BCUT2D eigenvalue weighted by molar-refractivity contribution is -0.133. The second kappa shape index (κ2) is 8.62. The quantitative estimate of drug-likeness (QED) is 0.617. The van der Waals surface area contributed by atoms with Crippen molar-refractivity contribution < 1.29 is 4.79 Å². The van der Waals surface area contributed by atoms with E-state index in [0.29, 0.717) is 29.0 Å². The Kier molecular flexibility index (Phi) is 6.25. The zero-order valence-corrected chi connectivity index (χ0v) is 16.2. The molecule has 0 unspecified atom stereocenters. The molecule has 140 valence electrons. The third-order valence-electron chi connectivity index (χ3n) is 5.17. The Labute approximate surface area is 159 Å². The Morgan fingerprint density at radius 2 is 2.08 bits per heavy atom. The maximum absolute atomic E-state index is 12.6.